The molecule has 1 fully saturated rings. The number of piperidine rings is 1. The molecule has 2 unspecified atom stereocenters. The van der Waals surface area contributed by atoms with E-state index in [9.17, 15) is 9.90 Å². The molecule has 0 spiro atoms. The van der Waals surface area contributed by atoms with E-state index >= 15 is 0 Å². The second kappa shape index (κ2) is 5.92. The van der Waals surface area contributed by atoms with E-state index in [-0.39, 0.29) is 11.4 Å². The third-order valence-electron chi connectivity index (χ3n) is 5.94. The summed E-state index contributed by atoms with van der Waals surface area (Å²) in [7, 11) is 0. The summed E-state index contributed by atoms with van der Waals surface area (Å²) in [5.41, 5.74) is 3.09. The Morgan fingerprint density at radius 2 is 1.83 bits per heavy atom. The number of aromatic hydroxyl groups is 1. The normalized spacial score (nSPS) is 24.4. The van der Waals surface area contributed by atoms with E-state index in [0.29, 0.717) is 24.2 Å². The topological polar surface area (TPSA) is 53.7 Å². The van der Waals surface area contributed by atoms with E-state index in [1.807, 2.05) is 6.07 Å². The zero-order chi connectivity index (χ0) is 16.8. The van der Waals surface area contributed by atoms with Crippen LogP contribution in [0.4, 0.5) is 0 Å². The molecule has 1 aromatic heterocycles. The fourth-order valence-corrected chi connectivity index (χ4v) is 4.51. The zero-order valence-corrected chi connectivity index (χ0v) is 14.5. The van der Waals surface area contributed by atoms with Gasteiger partial charge < -0.3 is 9.52 Å². The molecule has 1 N–H and O–H groups in total. The maximum Gasteiger partial charge on any atom is 0.339 e. The number of fused-ring (bicyclic) bond motifs is 3. The van der Waals surface area contributed by atoms with E-state index in [1.165, 1.54) is 19.3 Å². The molecule has 4 heteroatoms. The van der Waals surface area contributed by atoms with E-state index in [0.717, 1.165) is 41.3 Å². The van der Waals surface area contributed by atoms with Crippen LogP contribution in [0.1, 0.15) is 56.2 Å². The van der Waals surface area contributed by atoms with Gasteiger partial charge in [0.2, 0.25) is 0 Å². The smallest absolute Gasteiger partial charge is 0.339 e. The van der Waals surface area contributed by atoms with Crippen LogP contribution in [0, 0.1) is 0 Å². The molecule has 128 valence electrons. The Kier molecular flexibility index (Phi) is 3.87. The lowest BCUT2D eigenvalue weighted by atomic mass is 9.95. The average Bonchev–Trinajstić information content (AvgIpc) is 3.03. The van der Waals surface area contributed by atoms with Gasteiger partial charge in [-0.25, -0.2) is 4.79 Å². The summed E-state index contributed by atoms with van der Waals surface area (Å²) in [5.74, 6) is 0.230. The molecule has 4 rings (SSSR count). The predicted molar refractivity (Wildman–Crippen MR) is 94.5 cm³/mol. The lowest BCUT2D eigenvalue weighted by Gasteiger charge is -2.39. The van der Waals surface area contributed by atoms with E-state index in [1.54, 1.807) is 6.07 Å². The number of likely N-dealkylation sites (tertiary alicyclic amines) is 1. The number of phenols is 1. The number of hydrogen-bond donors (Lipinski definition) is 1. The van der Waals surface area contributed by atoms with Crippen LogP contribution in [0.2, 0.25) is 0 Å². The highest BCUT2D eigenvalue weighted by atomic mass is 16.4. The highest BCUT2D eigenvalue weighted by Crippen LogP contribution is 2.35. The largest absolute Gasteiger partial charge is 0.507 e. The maximum absolute atomic E-state index is 12.3. The van der Waals surface area contributed by atoms with Gasteiger partial charge in [-0.2, -0.15) is 0 Å². The van der Waals surface area contributed by atoms with Crippen molar-refractivity contribution in [1.82, 2.24) is 4.90 Å². The lowest BCUT2D eigenvalue weighted by molar-refractivity contribution is 0.0945. The van der Waals surface area contributed by atoms with Crippen molar-refractivity contribution in [1.29, 1.82) is 0 Å². The summed E-state index contributed by atoms with van der Waals surface area (Å²) >= 11 is 0. The van der Waals surface area contributed by atoms with Crippen molar-refractivity contribution in [3.8, 4) is 5.75 Å². The molecule has 2 atom stereocenters. The molecule has 0 bridgehead atoms. The van der Waals surface area contributed by atoms with Gasteiger partial charge in [0.15, 0.2) is 0 Å². The van der Waals surface area contributed by atoms with Crippen LogP contribution in [0.5, 0.6) is 5.75 Å². The molecule has 0 amide bonds. The van der Waals surface area contributed by atoms with Crippen LogP contribution in [0.3, 0.4) is 0 Å². The van der Waals surface area contributed by atoms with Gasteiger partial charge >= 0.3 is 5.63 Å². The molecule has 2 heterocycles. The fraction of sp³-hybridized carbons (Fsp3) is 0.550. The van der Waals surface area contributed by atoms with Crippen molar-refractivity contribution in [2.75, 3.05) is 0 Å². The van der Waals surface area contributed by atoms with Crippen LogP contribution in [0.25, 0.3) is 11.0 Å². The fourth-order valence-electron chi connectivity index (χ4n) is 4.51. The first-order valence-electron chi connectivity index (χ1n) is 9.11. The highest BCUT2D eigenvalue weighted by molar-refractivity contribution is 5.86. The third-order valence-corrected chi connectivity index (χ3v) is 5.94. The molecule has 1 aliphatic carbocycles. The Labute approximate surface area is 142 Å². The maximum atomic E-state index is 12.3. The summed E-state index contributed by atoms with van der Waals surface area (Å²) in [5, 5.41) is 11.5. The number of rotatable bonds is 2. The van der Waals surface area contributed by atoms with E-state index in [4.69, 9.17) is 4.42 Å². The molecule has 24 heavy (non-hydrogen) atoms. The first-order valence-corrected chi connectivity index (χ1v) is 9.11. The molecule has 1 saturated heterocycles. The van der Waals surface area contributed by atoms with Crippen molar-refractivity contribution in [3.05, 3.63) is 39.2 Å². The summed E-state index contributed by atoms with van der Waals surface area (Å²) in [6.07, 6.45) is 6.35. The van der Waals surface area contributed by atoms with Crippen LogP contribution >= 0.6 is 0 Å². The summed E-state index contributed by atoms with van der Waals surface area (Å²) in [6.45, 7) is 5.12. The second-order valence-electron chi connectivity index (χ2n) is 7.44. The quantitative estimate of drug-likeness (QED) is 0.854. The highest BCUT2D eigenvalue weighted by Gasteiger charge is 2.28. The number of aryl methyl sites for hydroxylation is 1. The Morgan fingerprint density at radius 1 is 1.12 bits per heavy atom. The Bertz CT molecular complexity index is 829. The molecular weight excluding hydrogens is 302 g/mol. The van der Waals surface area contributed by atoms with Crippen molar-refractivity contribution in [2.24, 2.45) is 0 Å². The van der Waals surface area contributed by atoms with Gasteiger partial charge in [0.25, 0.3) is 0 Å². The Morgan fingerprint density at radius 3 is 2.58 bits per heavy atom. The van der Waals surface area contributed by atoms with Crippen LogP contribution in [-0.4, -0.2) is 22.1 Å². The molecule has 2 aromatic rings. The lowest BCUT2D eigenvalue weighted by Crippen LogP contribution is -2.43. The van der Waals surface area contributed by atoms with Gasteiger partial charge in [0.05, 0.1) is 5.56 Å². The first-order chi connectivity index (χ1) is 11.6. The standard InChI is InChI=1S/C20H25NO3/c1-12-5-3-6-13(2)21(12)11-17-18(22)10-9-15-14-7-4-8-16(14)20(23)24-19(15)17/h9-10,12-13,22H,3-8,11H2,1-2H3. The monoisotopic (exact) mass is 327 g/mol. The SMILES string of the molecule is CC1CCCC(C)N1Cc1c(O)ccc2c3c(c(=O)oc12)CCC3. The second-order valence-corrected chi connectivity index (χ2v) is 7.44. The summed E-state index contributed by atoms with van der Waals surface area (Å²) in [6, 6.07) is 4.62. The number of nitrogens with zero attached hydrogens (tertiary/aromatic N) is 1. The van der Waals surface area contributed by atoms with Gasteiger partial charge in [0.1, 0.15) is 11.3 Å². The number of phenolic OH excluding ortho intramolecular Hbond substituents is 1. The summed E-state index contributed by atoms with van der Waals surface area (Å²) in [4.78, 5) is 14.8. The van der Waals surface area contributed by atoms with Gasteiger partial charge in [0, 0.05) is 29.6 Å². The Balaban J connectivity index is 1.84. The van der Waals surface area contributed by atoms with Gasteiger partial charge in [-0.05, 0) is 63.6 Å². The molecule has 1 aromatic carbocycles. The average molecular weight is 327 g/mol. The minimum Gasteiger partial charge on any atom is -0.507 e. The summed E-state index contributed by atoms with van der Waals surface area (Å²) < 4.78 is 5.69. The van der Waals surface area contributed by atoms with Crippen LogP contribution in [0.15, 0.2) is 21.3 Å². The molecule has 0 radical (unpaired) electrons. The van der Waals surface area contributed by atoms with Crippen molar-refractivity contribution < 1.29 is 9.52 Å². The number of benzene rings is 1. The first kappa shape index (κ1) is 15.7. The molecule has 0 saturated carbocycles. The minimum absolute atomic E-state index is 0.221. The van der Waals surface area contributed by atoms with Crippen molar-refractivity contribution in [2.45, 2.75) is 71.0 Å². The van der Waals surface area contributed by atoms with E-state index in [2.05, 4.69) is 18.7 Å². The molecule has 2 aliphatic rings. The van der Waals surface area contributed by atoms with Gasteiger partial charge in [-0.15, -0.1) is 0 Å². The third kappa shape index (κ3) is 2.44. The zero-order valence-electron chi connectivity index (χ0n) is 14.5. The van der Waals surface area contributed by atoms with Crippen molar-refractivity contribution in [3.63, 3.8) is 0 Å². The van der Waals surface area contributed by atoms with Gasteiger partial charge in [-0.3, -0.25) is 4.90 Å². The molecule has 4 nitrogen and oxygen atoms in total. The van der Waals surface area contributed by atoms with Crippen LogP contribution < -0.4 is 5.63 Å². The molecule has 1 aliphatic heterocycles. The van der Waals surface area contributed by atoms with Crippen LogP contribution in [-0.2, 0) is 19.4 Å². The minimum atomic E-state index is -0.221. The van der Waals surface area contributed by atoms with Gasteiger partial charge in [-0.1, -0.05) is 6.42 Å². The Hall–Kier alpha value is -1.81. The van der Waals surface area contributed by atoms with Crippen molar-refractivity contribution >= 4 is 11.0 Å². The predicted octanol–water partition coefficient (Wildman–Crippen LogP) is 3.75. The van der Waals surface area contributed by atoms with E-state index < -0.39 is 0 Å². The molecular formula is C20H25NO3. The number of hydrogen-bond acceptors (Lipinski definition) is 4.